The van der Waals surface area contributed by atoms with Crippen LogP contribution in [0, 0.1) is 0 Å². The average molecular weight is 614 g/mol. The first-order chi connectivity index (χ1) is 23.8. The summed E-state index contributed by atoms with van der Waals surface area (Å²) in [5, 5.41) is 4.55. The Morgan fingerprint density at radius 3 is 1.73 bits per heavy atom. The van der Waals surface area contributed by atoms with E-state index < -0.39 is 0 Å². The lowest BCUT2D eigenvalue weighted by Crippen LogP contribution is -2.11. The second-order valence-corrected chi connectivity index (χ2v) is 12.1. The molecule has 0 radical (unpaired) electrons. The summed E-state index contributed by atoms with van der Waals surface area (Å²) >= 11 is 0. The largest absolute Gasteiger partial charge is 0.455 e. The first kappa shape index (κ1) is 27.9. The molecule has 9 rings (SSSR count). The highest BCUT2D eigenvalue weighted by Gasteiger charge is 2.24. The van der Waals surface area contributed by atoms with E-state index in [0.717, 1.165) is 55.7 Å². The third-order valence-corrected chi connectivity index (χ3v) is 9.25. The van der Waals surface area contributed by atoms with Crippen LogP contribution >= 0.6 is 0 Å². The van der Waals surface area contributed by atoms with Gasteiger partial charge >= 0.3 is 0 Å². The summed E-state index contributed by atoms with van der Waals surface area (Å²) in [6, 6.07) is 66.7. The SMILES string of the molecule is c1ccc(-c2ccc(N(c3ccccc3-c3ccccc3)c3cccc4oc5c(-c6ccccc6)c6ccccc6cc5c34)cc2)cc1. The Morgan fingerprint density at radius 2 is 0.979 bits per heavy atom. The molecule has 0 unspecified atom stereocenters. The minimum absolute atomic E-state index is 0.859. The number of para-hydroxylation sites is 1. The van der Waals surface area contributed by atoms with E-state index in [1.54, 1.807) is 0 Å². The predicted molar refractivity (Wildman–Crippen MR) is 202 cm³/mol. The van der Waals surface area contributed by atoms with Crippen LogP contribution in [0.15, 0.2) is 192 Å². The number of hydrogen-bond acceptors (Lipinski definition) is 2. The molecule has 2 nitrogen and oxygen atoms in total. The van der Waals surface area contributed by atoms with Crippen LogP contribution in [0.2, 0.25) is 0 Å². The summed E-state index contributed by atoms with van der Waals surface area (Å²) in [5.41, 5.74) is 12.0. The number of nitrogens with zero attached hydrogens (tertiary/aromatic N) is 1. The molecule has 0 saturated heterocycles. The summed E-state index contributed by atoms with van der Waals surface area (Å²) in [5.74, 6) is 0. The van der Waals surface area contributed by atoms with Gasteiger partial charge in [0.25, 0.3) is 0 Å². The van der Waals surface area contributed by atoms with Crippen LogP contribution in [0.25, 0.3) is 66.1 Å². The summed E-state index contributed by atoms with van der Waals surface area (Å²) in [6.07, 6.45) is 0. The van der Waals surface area contributed by atoms with Crippen molar-refractivity contribution in [1.29, 1.82) is 0 Å². The maximum absolute atomic E-state index is 6.87. The maximum atomic E-state index is 6.87. The third kappa shape index (κ3) is 4.74. The number of anilines is 3. The van der Waals surface area contributed by atoms with Crippen molar-refractivity contribution in [2.45, 2.75) is 0 Å². The molecule has 1 heterocycles. The Hall–Kier alpha value is -6.38. The van der Waals surface area contributed by atoms with Gasteiger partial charge in [0.15, 0.2) is 0 Å². The highest BCUT2D eigenvalue weighted by Crippen LogP contribution is 2.48. The van der Waals surface area contributed by atoms with Gasteiger partial charge in [-0.15, -0.1) is 0 Å². The van der Waals surface area contributed by atoms with Gasteiger partial charge in [-0.25, -0.2) is 0 Å². The molecular weight excluding hydrogens is 583 g/mol. The van der Waals surface area contributed by atoms with Crippen LogP contribution in [0.4, 0.5) is 17.1 Å². The van der Waals surface area contributed by atoms with E-state index in [4.69, 9.17) is 4.42 Å². The molecule has 0 bridgehead atoms. The normalized spacial score (nSPS) is 11.3. The van der Waals surface area contributed by atoms with E-state index in [0.29, 0.717) is 0 Å². The molecule has 0 spiro atoms. The lowest BCUT2D eigenvalue weighted by atomic mass is 9.94. The van der Waals surface area contributed by atoms with Gasteiger partial charge in [0.05, 0.1) is 16.8 Å². The lowest BCUT2D eigenvalue weighted by molar-refractivity contribution is 0.670. The molecular formula is C46H31NO. The molecule has 9 aromatic rings. The third-order valence-electron chi connectivity index (χ3n) is 9.25. The first-order valence-electron chi connectivity index (χ1n) is 16.4. The van der Waals surface area contributed by atoms with Crippen molar-refractivity contribution >= 4 is 49.8 Å². The molecule has 48 heavy (non-hydrogen) atoms. The number of hydrogen-bond donors (Lipinski definition) is 0. The zero-order chi connectivity index (χ0) is 31.9. The molecule has 0 N–H and O–H groups in total. The van der Waals surface area contributed by atoms with Gasteiger partial charge in [-0.05, 0) is 69.4 Å². The summed E-state index contributed by atoms with van der Waals surface area (Å²) < 4.78 is 6.87. The Labute approximate surface area is 279 Å². The molecule has 0 aliphatic carbocycles. The quantitative estimate of drug-likeness (QED) is 0.185. The van der Waals surface area contributed by atoms with Gasteiger partial charge in [-0.2, -0.15) is 0 Å². The van der Waals surface area contributed by atoms with Gasteiger partial charge in [0.2, 0.25) is 0 Å². The van der Waals surface area contributed by atoms with Crippen molar-refractivity contribution in [2.75, 3.05) is 4.90 Å². The predicted octanol–water partition coefficient (Wildman–Crippen LogP) is 13.2. The zero-order valence-electron chi connectivity index (χ0n) is 26.3. The van der Waals surface area contributed by atoms with Gasteiger partial charge in [-0.1, -0.05) is 152 Å². The highest BCUT2D eigenvalue weighted by atomic mass is 16.3. The van der Waals surface area contributed by atoms with Crippen LogP contribution in [-0.2, 0) is 0 Å². The van der Waals surface area contributed by atoms with E-state index in [2.05, 4.69) is 193 Å². The molecule has 0 aliphatic heterocycles. The van der Waals surface area contributed by atoms with Crippen LogP contribution < -0.4 is 4.90 Å². The van der Waals surface area contributed by atoms with E-state index in [9.17, 15) is 0 Å². The molecule has 0 aliphatic rings. The average Bonchev–Trinajstić information content (AvgIpc) is 3.54. The number of rotatable bonds is 6. The minimum Gasteiger partial charge on any atom is -0.455 e. The summed E-state index contributed by atoms with van der Waals surface area (Å²) in [6.45, 7) is 0. The van der Waals surface area contributed by atoms with Gasteiger partial charge in [0.1, 0.15) is 11.2 Å². The molecule has 1 aromatic heterocycles. The zero-order valence-corrected chi connectivity index (χ0v) is 26.3. The molecule has 0 amide bonds. The van der Waals surface area contributed by atoms with Crippen molar-refractivity contribution in [2.24, 2.45) is 0 Å². The van der Waals surface area contributed by atoms with Crippen molar-refractivity contribution < 1.29 is 4.42 Å². The van der Waals surface area contributed by atoms with Gasteiger partial charge in [0, 0.05) is 22.2 Å². The molecule has 2 heteroatoms. The number of benzene rings is 8. The van der Waals surface area contributed by atoms with E-state index in [1.807, 2.05) is 0 Å². The molecule has 226 valence electrons. The topological polar surface area (TPSA) is 16.4 Å². The van der Waals surface area contributed by atoms with Crippen LogP contribution in [0.5, 0.6) is 0 Å². The van der Waals surface area contributed by atoms with Gasteiger partial charge < -0.3 is 9.32 Å². The van der Waals surface area contributed by atoms with Crippen molar-refractivity contribution in [1.82, 2.24) is 0 Å². The second kappa shape index (κ2) is 11.8. The number of furan rings is 1. The van der Waals surface area contributed by atoms with Crippen molar-refractivity contribution in [3.63, 3.8) is 0 Å². The Kier molecular flexibility index (Phi) is 6.84. The fraction of sp³-hybridized carbons (Fsp3) is 0. The lowest BCUT2D eigenvalue weighted by Gasteiger charge is -2.28. The Bertz CT molecular complexity index is 2530. The maximum Gasteiger partial charge on any atom is 0.143 e. The highest BCUT2D eigenvalue weighted by molar-refractivity contribution is 6.22. The smallest absolute Gasteiger partial charge is 0.143 e. The standard InChI is InChI=1S/C46H31NO/c1-4-15-32(16-5-1)33-27-29-37(30-28-33)47(41-24-13-12-22-38(41)34-17-6-2-7-18-34)42-25-14-26-43-45(42)40-31-36-21-10-11-23-39(36)44(46(40)48-43)35-19-8-3-9-20-35/h1-31H. The second-order valence-electron chi connectivity index (χ2n) is 12.1. The summed E-state index contributed by atoms with van der Waals surface area (Å²) in [4.78, 5) is 2.39. The first-order valence-corrected chi connectivity index (χ1v) is 16.4. The van der Waals surface area contributed by atoms with Crippen molar-refractivity contribution in [3.8, 4) is 33.4 Å². The molecule has 0 atom stereocenters. The molecule has 8 aromatic carbocycles. The van der Waals surface area contributed by atoms with Crippen LogP contribution in [0.1, 0.15) is 0 Å². The van der Waals surface area contributed by atoms with Crippen LogP contribution in [-0.4, -0.2) is 0 Å². The van der Waals surface area contributed by atoms with Gasteiger partial charge in [-0.3, -0.25) is 0 Å². The monoisotopic (exact) mass is 613 g/mol. The fourth-order valence-corrected chi connectivity index (χ4v) is 7.06. The minimum atomic E-state index is 0.859. The van der Waals surface area contributed by atoms with E-state index in [-0.39, 0.29) is 0 Å². The Balaban J connectivity index is 1.34. The number of fused-ring (bicyclic) bond motifs is 4. The molecule has 0 fully saturated rings. The fourth-order valence-electron chi connectivity index (χ4n) is 7.06. The van der Waals surface area contributed by atoms with Crippen molar-refractivity contribution in [3.05, 3.63) is 188 Å². The van der Waals surface area contributed by atoms with Crippen LogP contribution in [0.3, 0.4) is 0 Å². The Morgan fingerprint density at radius 1 is 0.396 bits per heavy atom. The van der Waals surface area contributed by atoms with E-state index in [1.165, 1.54) is 27.5 Å². The summed E-state index contributed by atoms with van der Waals surface area (Å²) in [7, 11) is 0. The van der Waals surface area contributed by atoms with E-state index >= 15 is 0 Å². The molecule has 0 saturated carbocycles.